The Hall–Kier alpha value is -2.13. The fraction of sp³-hybridized carbons (Fsp3) is 0.409. The summed E-state index contributed by atoms with van der Waals surface area (Å²) in [5.74, 6) is 0.252. The zero-order chi connectivity index (χ0) is 17.8. The first-order valence-corrected chi connectivity index (χ1v) is 9.21. The number of amides is 1. The topological polar surface area (TPSA) is 32.3 Å². The van der Waals surface area contributed by atoms with Crippen molar-refractivity contribution in [3.63, 3.8) is 0 Å². The Morgan fingerprint density at radius 1 is 0.960 bits per heavy atom. The Morgan fingerprint density at radius 3 is 2.56 bits per heavy atom. The number of rotatable bonds is 5. The van der Waals surface area contributed by atoms with E-state index in [1.807, 2.05) is 11.0 Å². The molecule has 0 bridgehead atoms. The zero-order valence-corrected chi connectivity index (χ0v) is 15.6. The summed E-state index contributed by atoms with van der Waals surface area (Å²) >= 11 is 0. The smallest absolute Gasteiger partial charge is 0.226 e. The van der Waals surface area contributed by atoms with Crippen molar-refractivity contribution in [2.75, 3.05) is 11.4 Å². The molecule has 3 heteroatoms. The number of aryl methyl sites for hydroxylation is 3. The van der Waals surface area contributed by atoms with Crippen LogP contribution in [0.15, 0.2) is 36.4 Å². The highest BCUT2D eigenvalue weighted by molar-refractivity contribution is 5.94. The molecule has 25 heavy (non-hydrogen) atoms. The van der Waals surface area contributed by atoms with Gasteiger partial charge < -0.3 is 10.2 Å². The van der Waals surface area contributed by atoms with Crippen molar-refractivity contribution >= 4 is 11.6 Å². The van der Waals surface area contributed by atoms with E-state index in [-0.39, 0.29) is 5.91 Å². The van der Waals surface area contributed by atoms with E-state index in [0.29, 0.717) is 6.42 Å². The van der Waals surface area contributed by atoms with Crippen LogP contribution in [0.25, 0.3) is 0 Å². The molecule has 1 heterocycles. The predicted octanol–water partition coefficient (Wildman–Crippen LogP) is 4.42. The third-order valence-electron chi connectivity index (χ3n) is 5.14. The molecule has 0 saturated carbocycles. The molecule has 0 aliphatic carbocycles. The number of nitrogens with zero attached hydrogens (tertiary/aromatic N) is 1. The molecule has 0 radical (unpaired) electrons. The Bertz CT molecular complexity index is 767. The van der Waals surface area contributed by atoms with Crippen molar-refractivity contribution in [1.29, 1.82) is 0 Å². The highest BCUT2D eigenvalue weighted by atomic mass is 16.2. The van der Waals surface area contributed by atoms with E-state index in [4.69, 9.17) is 0 Å². The van der Waals surface area contributed by atoms with Crippen molar-refractivity contribution in [2.45, 2.75) is 53.1 Å². The van der Waals surface area contributed by atoms with Crippen molar-refractivity contribution in [3.8, 4) is 0 Å². The summed E-state index contributed by atoms with van der Waals surface area (Å²) in [6.07, 6.45) is 2.79. The van der Waals surface area contributed by atoms with Crippen LogP contribution in [-0.4, -0.2) is 12.5 Å². The molecule has 2 aromatic carbocycles. The van der Waals surface area contributed by atoms with Crippen LogP contribution in [0.4, 0.5) is 5.69 Å². The van der Waals surface area contributed by atoms with Crippen molar-refractivity contribution in [3.05, 3.63) is 64.2 Å². The number of hydrogen-bond donors (Lipinski definition) is 1. The minimum Gasteiger partial charge on any atom is -0.312 e. The zero-order valence-electron chi connectivity index (χ0n) is 15.6. The number of nitrogens with one attached hydrogen (secondary N) is 1. The summed E-state index contributed by atoms with van der Waals surface area (Å²) in [6, 6.07) is 12.9. The fourth-order valence-electron chi connectivity index (χ4n) is 3.47. The second-order valence-electron chi connectivity index (χ2n) is 7.14. The van der Waals surface area contributed by atoms with Crippen LogP contribution in [0.1, 0.15) is 47.1 Å². The maximum absolute atomic E-state index is 12.1. The molecule has 1 amide bonds. The van der Waals surface area contributed by atoms with E-state index in [1.165, 1.54) is 27.8 Å². The van der Waals surface area contributed by atoms with E-state index in [9.17, 15) is 4.79 Å². The van der Waals surface area contributed by atoms with Gasteiger partial charge in [0.25, 0.3) is 0 Å². The molecule has 1 N–H and O–H groups in total. The van der Waals surface area contributed by atoms with Crippen LogP contribution in [0, 0.1) is 20.8 Å². The quantitative estimate of drug-likeness (QED) is 0.876. The molecule has 0 atom stereocenters. The highest BCUT2D eigenvalue weighted by Gasteiger charge is 2.19. The van der Waals surface area contributed by atoms with Crippen LogP contribution in [0.2, 0.25) is 0 Å². The third kappa shape index (κ3) is 4.29. The van der Waals surface area contributed by atoms with Gasteiger partial charge >= 0.3 is 0 Å². The maximum atomic E-state index is 12.1. The molecular formula is C22H28N2O. The highest BCUT2D eigenvalue weighted by Crippen LogP contribution is 2.22. The SMILES string of the molecule is Cc1cc(C)c(CNCc2cccc(N3CCCCC3=O)c2)cc1C. The minimum absolute atomic E-state index is 0.252. The summed E-state index contributed by atoms with van der Waals surface area (Å²) in [5.41, 5.74) is 7.63. The minimum atomic E-state index is 0.252. The van der Waals surface area contributed by atoms with Crippen LogP contribution in [0.3, 0.4) is 0 Å². The largest absolute Gasteiger partial charge is 0.312 e. The third-order valence-corrected chi connectivity index (χ3v) is 5.14. The molecular weight excluding hydrogens is 308 g/mol. The van der Waals surface area contributed by atoms with E-state index in [0.717, 1.165) is 38.2 Å². The average Bonchev–Trinajstić information content (AvgIpc) is 2.60. The monoisotopic (exact) mass is 336 g/mol. The summed E-state index contributed by atoms with van der Waals surface area (Å²) in [6.45, 7) is 9.01. The second-order valence-corrected chi connectivity index (χ2v) is 7.14. The van der Waals surface area contributed by atoms with Crippen molar-refractivity contribution in [1.82, 2.24) is 5.32 Å². The summed E-state index contributed by atoms with van der Waals surface area (Å²) in [5, 5.41) is 3.54. The molecule has 1 aliphatic rings. The number of hydrogen-bond acceptors (Lipinski definition) is 2. The standard InChI is InChI=1S/C22H28N2O/c1-16-11-18(3)20(12-17(16)2)15-23-14-19-7-6-8-21(13-19)24-10-5-4-9-22(24)25/h6-8,11-13,23H,4-5,9-10,14-15H2,1-3H3. The number of carbonyl (C=O) groups is 1. The Balaban J connectivity index is 1.63. The van der Waals surface area contributed by atoms with Crippen molar-refractivity contribution in [2.24, 2.45) is 0 Å². The average molecular weight is 336 g/mol. The van der Waals surface area contributed by atoms with Gasteiger partial charge in [-0.2, -0.15) is 0 Å². The molecule has 3 rings (SSSR count). The van der Waals surface area contributed by atoms with Crippen LogP contribution < -0.4 is 10.2 Å². The van der Waals surface area contributed by atoms with Gasteiger partial charge in [-0.25, -0.2) is 0 Å². The van der Waals surface area contributed by atoms with Gasteiger partial charge in [0.2, 0.25) is 5.91 Å². The van der Waals surface area contributed by atoms with Gasteiger partial charge in [-0.15, -0.1) is 0 Å². The lowest BCUT2D eigenvalue weighted by atomic mass is 10.0. The van der Waals surface area contributed by atoms with Gasteiger partial charge in [0.1, 0.15) is 0 Å². The lowest BCUT2D eigenvalue weighted by Gasteiger charge is -2.27. The van der Waals surface area contributed by atoms with Gasteiger partial charge in [0.05, 0.1) is 0 Å². The second kappa shape index (κ2) is 7.83. The molecule has 132 valence electrons. The Labute approximate surface area is 151 Å². The lowest BCUT2D eigenvalue weighted by Crippen LogP contribution is -2.35. The summed E-state index contributed by atoms with van der Waals surface area (Å²) < 4.78 is 0. The first-order valence-electron chi connectivity index (χ1n) is 9.21. The number of piperidine rings is 1. The van der Waals surface area contributed by atoms with Gasteiger partial charge in [-0.3, -0.25) is 4.79 Å². The van der Waals surface area contributed by atoms with Gasteiger partial charge in [0.15, 0.2) is 0 Å². The van der Waals surface area contributed by atoms with Crippen LogP contribution in [0.5, 0.6) is 0 Å². The first kappa shape index (κ1) is 17.7. The molecule has 0 spiro atoms. The molecule has 0 unspecified atom stereocenters. The van der Waals surface area contributed by atoms with E-state index < -0.39 is 0 Å². The number of anilines is 1. The summed E-state index contributed by atoms with van der Waals surface area (Å²) in [7, 11) is 0. The Morgan fingerprint density at radius 2 is 1.76 bits per heavy atom. The normalized spacial score (nSPS) is 14.8. The van der Waals surface area contributed by atoms with Crippen LogP contribution in [-0.2, 0) is 17.9 Å². The predicted molar refractivity (Wildman–Crippen MR) is 104 cm³/mol. The van der Waals surface area contributed by atoms with Gasteiger partial charge in [-0.05, 0) is 73.6 Å². The number of carbonyl (C=O) groups excluding carboxylic acids is 1. The lowest BCUT2D eigenvalue weighted by molar-refractivity contribution is -0.119. The Kier molecular flexibility index (Phi) is 5.54. The molecule has 1 aliphatic heterocycles. The molecule has 1 saturated heterocycles. The molecule has 3 nitrogen and oxygen atoms in total. The molecule has 1 fully saturated rings. The van der Waals surface area contributed by atoms with E-state index >= 15 is 0 Å². The first-order chi connectivity index (χ1) is 12.0. The fourth-order valence-corrected chi connectivity index (χ4v) is 3.47. The number of benzene rings is 2. The maximum Gasteiger partial charge on any atom is 0.226 e. The van der Waals surface area contributed by atoms with Gasteiger partial charge in [0, 0.05) is 31.7 Å². The van der Waals surface area contributed by atoms with Crippen molar-refractivity contribution < 1.29 is 4.79 Å². The van der Waals surface area contributed by atoms with Gasteiger partial charge in [-0.1, -0.05) is 24.3 Å². The summed E-state index contributed by atoms with van der Waals surface area (Å²) in [4.78, 5) is 14.0. The van der Waals surface area contributed by atoms with E-state index in [1.54, 1.807) is 0 Å². The molecule has 2 aromatic rings. The molecule has 0 aromatic heterocycles. The van der Waals surface area contributed by atoms with Crippen LogP contribution >= 0.6 is 0 Å². The van der Waals surface area contributed by atoms with E-state index in [2.05, 4.69) is 56.4 Å².